The highest BCUT2D eigenvalue weighted by molar-refractivity contribution is 6.09. The molecule has 40 heavy (non-hydrogen) atoms. The molecule has 1 aliphatic rings. The quantitative estimate of drug-likeness (QED) is 0.197. The first-order valence-corrected chi connectivity index (χ1v) is 13.2. The maximum Gasteiger partial charge on any atom is 0.333 e. The highest BCUT2D eigenvalue weighted by atomic mass is 16.5. The van der Waals surface area contributed by atoms with Gasteiger partial charge in [-0.05, 0) is 34.1 Å². The summed E-state index contributed by atoms with van der Waals surface area (Å²) in [7, 11) is 0. The Morgan fingerprint density at radius 2 is 1.23 bits per heavy atom. The van der Waals surface area contributed by atoms with Crippen molar-refractivity contribution in [3.05, 3.63) is 59.7 Å². The van der Waals surface area contributed by atoms with Crippen molar-refractivity contribution in [1.82, 2.24) is 16.0 Å². The van der Waals surface area contributed by atoms with Crippen LogP contribution in [0.25, 0.3) is 11.1 Å². The summed E-state index contributed by atoms with van der Waals surface area (Å²) in [6, 6.07) is 11.9. The number of nitrogens with two attached hydrogens (primary N) is 2. The van der Waals surface area contributed by atoms with Crippen LogP contribution in [0, 0.1) is 11.8 Å². The van der Waals surface area contributed by atoms with E-state index in [0.29, 0.717) is 0 Å². The van der Waals surface area contributed by atoms with E-state index in [9.17, 15) is 24.0 Å². The molecule has 11 nitrogen and oxygen atoms in total. The van der Waals surface area contributed by atoms with E-state index in [4.69, 9.17) is 16.2 Å². The third-order valence-electron chi connectivity index (χ3n) is 6.87. The number of fused-ring (bicyclic) bond motifs is 3. The molecule has 1 unspecified atom stereocenters. The highest BCUT2D eigenvalue weighted by Crippen LogP contribution is 2.44. The van der Waals surface area contributed by atoms with Gasteiger partial charge in [-0.15, -0.1) is 0 Å². The molecular weight excluding hydrogens is 514 g/mol. The molecule has 0 bridgehead atoms. The molecular formula is C29H37N5O6. The number of ether oxygens (including phenoxy) is 1. The SMILES string of the molecule is CC(C)[C@H](N)C(=O)NC(=O)CNC(C(=O)NC(=O)[C@@H](N)C(C)C)C(=O)OCC1c2ccccc2-c2ccccc21. The van der Waals surface area contributed by atoms with Crippen molar-refractivity contribution in [3.8, 4) is 11.1 Å². The maximum atomic E-state index is 13.2. The Morgan fingerprint density at radius 1 is 0.750 bits per heavy atom. The lowest BCUT2D eigenvalue weighted by Gasteiger charge is -2.21. The molecule has 2 aromatic rings. The molecule has 0 fully saturated rings. The topological polar surface area (TPSA) is 183 Å². The van der Waals surface area contributed by atoms with Gasteiger partial charge in [-0.3, -0.25) is 35.1 Å². The lowest BCUT2D eigenvalue weighted by Crippen LogP contribution is -2.57. The molecule has 4 amide bonds. The van der Waals surface area contributed by atoms with Gasteiger partial charge in [-0.1, -0.05) is 76.2 Å². The Morgan fingerprint density at radius 3 is 1.73 bits per heavy atom. The first kappa shape index (κ1) is 30.6. The predicted molar refractivity (Wildman–Crippen MR) is 148 cm³/mol. The second-order valence-electron chi connectivity index (χ2n) is 10.5. The molecule has 214 valence electrons. The van der Waals surface area contributed by atoms with E-state index in [1.54, 1.807) is 27.7 Å². The van der Waals surface area contributed by atoms with Crippen LogP contribution in [-0.2, 0) is 28.7 Å². The largest absolute Gasteiger partial charge is 0.463 e. The smallest absolute Gasteiger partial charge is 0.333 e. The summed E-state index contributed by atoms with van der Waals surface area (Å²) in [5.41, 5.74) is 15.6. The molecule has 0 saturated carbocycles. The fourth-order valence-corrected chi connectivity index (χ4v) is 4.31. The first-order valence-electron chi connectivity index (χ1n) is 13.2. The number of esters is 1. The summed E-state index contributed by atoms with van der Waals surface area (Å²) in [6.07, 6.45) is 0. The number of benzene rings is 2. The number of amides is 4. The summed E-state index contributed by atoms with van der Waals surface area (Å²) in [5.74, 6) is -5.06. The molecule has 0 spiro atoms. The Kier molecular flexibility index (Phi) is 10.3. The van der Waals surface area contributed by atoms with Crippen LogP contribution in [0.5, 0.6) is 0 Å². The van der Waals surface area contributed by atoms with Crippen LogP contribution in [-0.4, -0.2) is 60.9 Å². The van der Waals surface area contributed by atoms with Crippen LogP contribution in [0.3, 0.4) is 0 Å². The molecule has 0 heterocycles. The van der Waals surface area contributed by atoms with Gasteiger partial charge in [0.1, 0.15) is 6.61 Å². The first-order chi connectivity index (χ1) is 18.9. The van der Waals surface area contributed by atoms with Crippen LogP contribution in [0.4, 0.5) is 0 Å². The van der Waals surface area contributed by atoms with E-state index in [1.807, 2.05) is 48.5 Å². The zero-order chi connectivity index (χ0) is 29.6. The maximum absolute atomic E-state index is 13.2. The normalized spacial score (nSPS) is 14.6. The molecule has 0 aromatic heterocycles. The molecule has 3 atom stereocenters. The minimum atomic E-state index is -1.73. The summed E-state index contributed by atoms with van der Waals surface area (Å²) in [4.78, 5) is 63.1. The summed E-state index contributed by atoms with van der Waals surface area (Å²) in [5, 5.41) is 6.74. The van der Waals surface area contributed by atoms with Gasteiger partial charge in [0, 0.05) is 5.92 Å². The van der Waals surface area contributed by atoms with Crippen molar-refractivity contribution < 1.29 is 28.7 Å². The average Bonchev–Trinajstić information content (AvgIpc) is 3.24. The number of nitrogens with one attached hydrogen (secondary N) is 3. The number of carbonyl (C=O) groups is 5. The van der Waals surface area contributed by atoms with Crippen molar-refractivity contribution in [1.29, 1.82) is 0 Å². The van der Waals surface area contributed by atoms with Crippen LogP contribution in [0.2, 0.25) is 0 Å². The van der Waals surface area contributed by atoms with Crippen LogP contribution in [0.15, 0.2) is 48.5 Å². The van der Waals surface area contributed by atoms with Crippen molar-refractivity contribution in [2.24, 2.45) is 23.3 Å². The van der Waals surface area contributed by atoms with E-state index in [0.717, 1.165) is 22.3 Å². The van der Waals surface area contributed by atoms with Gasteiger partial charge in [0.05, 0.1) is 18.6 Å². The van der Waals surface area contributed by atoms with Crippen molar-refractivity contribution in [2.75, 3.05) is 13.2 Å². The van der Waals surface area contributed by atoms with E-state index < -0.39 is 54.3 Å². The molecule has 0 radical (unpaired) electrons. The minimum absolute atomic E-state index is 0.0777. The van der Waals surface area contributed by atoms with Crippen molar-refractivity contribution in [2.45, 2.75) is 51.7 Å². The summed E-state index contributed by atoms with van der Waals surface area (Å²) in [6.45, 7) is 6.19. The fraction of sp³-hybridized carbons (Fsp3) is 0.414. The fourth-order valence-electron chi connectivity index (χ4n) is 4.31. The number of hydrogen-bond donors (Lipinski definition) is 5. The van der Waals surface area contributed by atoms with Crippen LogP contribution >= 0.6 is 0 Å². The van der Waals surface area contributed by atoms with Crippen LogP contribution < -0.4 is 27.4 Å². The van der Waals surface area contributed by atoms with Gasteiger partial charge < -0.3 is 16.2 Å². The van der Waals surface area contributed by atoms with E-state index >= 15 is 0 Å². The third kappa shape index (κ3) is 7.17. The number of carbonyl (C=O) groups excluding carboxylic acids is 5. The Bertz CT molecular complexity index is 1230. The molecule has 3 rings (SSSR count). The van der Waals surface area contributed by atoms with Gasteiger partial charge in [0.15, 0.2) is 6.04 Å². The molecule has 0 aliphatic heterocycles. The molecule has 0 saturated heterocycles. The second-order valence-corrected chi connectivity index (χ2v) is 10.5. The van der Waals surface area contributed by atoms with E-state index in [-0.39, 0.29) is 24.4 Å². The minimum Gasteiger partial charge on any atom is -0.463 e. The Hall–Kier alpha value is -3.93. The van der Waals surface area contributed by atoms with E-state index in [1.165, 1.54) is 0 Å². The standard InChI is InChI=1S/C29H37N5O6/c1-15(2)23(30)26(36)33-22(35)13-32-25(28(38)34-27(37)24(31)16(3)4)29(39)40-14-21-19-11-7-5-9-17(19)18-10-6-8-12-20(18)21/h5-12,15-16,21,23-25,32H,13-14,30-31H2,1-4H3,(H,33,35,36)(H,34,37,38)/t23-,24-,25?/m0/s1. The van der Waals surface area contributed by atoms with Crippen molar-refractivity contribution >= 4 is 29.6 Å². The van der Waals surface area contributed by atoms with Gasteiger partial charge >= 0.3 is 5.97 Å². The Balaban J connectivity index is 1.73. The van der Waals surface area contributed by atoms with Gasteiger partial charge in [-0.25, -0.2) is 4.79 Å². The van der Waals surface area contributed by atoms with Crippen molar-refractivity contribution in [3.63, 3.8) is 0 Å². The second kappa shape index (κ2) is 13.4. The number of hydrogen-bond acceptors (Lipinski definition) is 9. The molecule has 7 N–H and O–H groups in total. The number of rotatable bonds is 11. The average molecular weight is 552 g/mol. The lowest BCUT2D eigenvalue weighted by atomic mass is 9.98. The monoisotopic (exact) mass is 551 g/mol. The van der Waals surface area contributed by atoms with Gasteiger partial charge in [0.2, 0.25) is 17.7 Å². The zero-order valence-corrected chi connectivity index (χ0v) is 23.1. The summed E-state index contributed by atoms with van der Waals surface area (Å²) < 4.78 is 5.57. The molecule has 11 heteroatoms. The van der Waals surface area contributed by atoms with Gasteiger partial charge in [0.25, 0.3) is 5.91 Å². The van der Waals surface area contributed by atoms with E-state index in [2.05, 4.69) is 16.0 Å². The Labute approximate surface area is 233 Å². The summed E-state index contributed by atoms with van der Waals surface area (Å²) >= 11 is 0. The molecule has 1 aliphatic carbocycles. The zero-order valence-electron chi connectivity index (χ0n) is 23.1. The molecule has 2 aromatic carbocycles. The number of imide groups is 2. The third-order valence-corrected chi connectivity index (χ3v) is 6.87. The highest BCUT2D eigenvalue weighted by Gasteiger charge is 2.34. The van der Waals surface area contributed by atoms with Crippen LogP contribution in [0.1, 0.15) is 44.7 Å². The predicted octanol–water partition coefficient (Wildman–Crippen LogP) is 0.553. The lowest BCUT2D eigenvalue weighted by molar-refractivity contribution is -0.150. The van der Waals surface area contributed by atoms with Gasteiger partial charge in [-0.2, -0.15) is 0 Å².